The van der Waals surface area contributed by atoms with Crippen molar-refractivity contribution in [1.29, 1.82) is 0 Å². The average molecular weight is 382 g/mol. The van der Waals surface area contributed by atoms with E-state index >= 15 is 0 Å². The third-order valence-electron chi connectivity index (χ3n) is 4.27. The SMILES string of the molecule is CN(CC1CCCC1O)C(=O)c1ccc(Cn2cc(Br)cn2)o1. The number of aromatic nitrogens is 2. The predicted octanol–water partition coefficient (Wildman–Crippen LogP) is 2.52. The Morgan fingerprint density at radius 2 is 2.35 bits per heavy atom. The summed E-state index contributed by atoms with van der Waals surface area (Å²) in [6.07, 6.45) is 6.08. The van der Waals surface area contributed by atoms with Gasteiger partial charge in [-0.05, 0) is 40.9 Å². The van der Waals surface area contributed by atoms with E-state index in [9.17, 15) is 9.90 Å². The summed E-state index contributed by atoms with van der Waals surface area (Å²) in [4.78, 5) is 14.1. The summed E-state index contributed by atoms with van der Waals surface area (Å²) in [5, 5.41) is 14.0. The first kappa shape index (κ1) is 16.3. The Bertz CT molecular complexity index is 682. The summed E-state index contributed by atoms with van der Waals surface area (Å²) in [6, 6.07) is 3.48. The number of carbonyl (C=O) groups is 1. The Morgan fingerprint density at radius 3 is 3.00 bits per heavy atom. The van der Waals surface area contributed by atoms with Gasteiger partial charge in [-0.25, -0.2) is 0 Å². The van der Waals surface area contributed by atoms with Crippen molar-refractivity contribution >= 4 is 21.8 Å². The van der Waals surface area contributed by atoms with Crippen LogP contribution in [0, 0.1) is 5.92 Å². The highest BCUT2D eigenvalue weighted by atomic mass is 79.9. The van der Waals surface area contributed by atoms with Crippen LogP contribution in [-0.4, -0.2) is 45.4 Å². The van der Waals surface area contributed by atoms with Crippen LogP contribution in [0.3, 0.4) is 0 Å². The number of halogens is 1. The molecule has 3 rings (SSSR count). The summed E-state index contributed by atoms with van der Waals surface area (Å²) >= 11 is 3.34. The van der Waals surface area contributed by atoms with Gasteiger partial charge in [0.2, 0.25) is 0 Å². The topological polar surface area (TPSA) is 71.5 Å². The summed E-state index contributed by atoms with van der Waals surface area (Å²) < 4.78 is 8.27. The summed E-state index contributed by atoms with van der Waals surface area (Å²) in [5.74, 6) is 1.01. The minimum atomic E-state index is -0.296. The van der Waals surface area contributed by atoms with Crippen LogP contribution in [0.2, 0.25) is 0 Å². The molecule has 124 valence electrons. The molecule has 0 aromatic carbocycles. The molecule has 6 nitrogen and oxygen atoms in total. The van der Waals surface area contributed by atoms with Crippen LogP contribution in [-0.2, 0) is 6.54 Å². The van der Waals surface area contributed by atoms with Crippen LogP contribution in [0.1, 0.15) is 35.6 Å². The highest BCUT2D eigenvalue weighted by molar-refractivity contribution is 9.10. The lowest BCUT2D eigenvalue weighted by molar-refractivity contribution is 0.0663. The van der Waals surface area contributed by atoms with Crippen molar-refractivity contribution in [2.45, 2.75) is 31.9 Å². The molecule has 0 aliphatic heterocycles. The monoisotopic (exact) mass is 381 g/mol. The number of carbonyl (C=O) groups excluding carboxylic acids is 1. The van der Waals surface area contributed by atoms with Crippen LogP contribution in [0.25, 0.3) is 0 Å². The fourth-order valence-electron chi connectivity index (χ4n) is 3.02. The number of rotatable bonds is 5. The van der Waals surface area contributed by atoms with Gasteiger partial charge in [0.1, 0.15) is 5.76 Å². The molecule has 1 fully saturated rings. The fraction of sp³-hybridized carbons (Fsp3) is 0.500. The number of aliphatic hydroxyl groups is 1. The standard InChI is InChI=1S/C16H20BrN3O3/c1-19(8-11-3-2-4-14(11)21)16(22)15-6-5-13(23-15)10-20-9-12(17)7-18-20/h5-7,9,11,14,21H,2-4,8,10H2,1H3. The van der Waals surface area contributed by atoms with Gasteiger partial charge in [0, 0.05) is 25.7 Å². The van der Waals surface area contributed by atoms with E-state index in [1.54, 1.807) is 35.0 Å². The van der Waals surface area contributed by atoms with E-state index in [0.29, 0.717) is 24.6 Å². The van der Waals surface area contributed by atoms with Crippen molar-refractivity contribution in [1.82, 2.24) is 14.7 Å². The third-order valence-corrected chi connectivity index (χ3v) is 4.68. The van der Waals surface area contributed by atoms with Gasteiger partial charge in [-0.2, -0.15) is 5.10 Å². The van der Waals surface area contributed by atoms with Gasteiger partial charge in [-0.1, -0.05) is 6.42 Å². The molecule has 1 saturated carbocycles. The van der Waals surface area contributed by atoms with Gasteiger partial charge in [0.25, 0.3) is 5.91 Å². The number of amides is 1. The molecule has 23 heavy (non-hydrogen) atoms. The van der Waals surface area contributed by atoms with E-state index in [0.717, 1.165) is 23.7 Å². The highest BCUT2D eigenvalue weighted by Gasteiger charge is 2.28. The third kappa shape index (κ3) is 3.84. The Morgan fingerprint density at radius 1 is 1.52 bits per heavy atom. The van der Waals surface area contributed by atoms with Crippen molar-refractivity contribution in [2.75, 3.05) is 13.6 Å². The Hall–Kier alpha value is -1.60. The number of aliphatic hydroxyl groups excluding tert-OH is 1. The molecule has 2 aromatic heterocycles. The van der Waals surface area contributed by atoms with E-state index < -0.39 is 0 Å². The quantitative estimate of drug-likeness (QED) is 0.863. The molecule has 1 aliphatic carbocycles. The Kier molecular flexibility index (Phi) is 4.87. The maximum atomic E-state index is 12.4. The normalized spacial score (nSPS) is 20.8. The molecule has 2 atom stereocenters. The smallest absolute Gasteiger partial charge is 0.289 e. The van der Waals surface area contributed by atoms with Crippen LogP contribution in [0.5, 0.6) is 0 Å². The molecule has 2 unspecified atom stereocenters. The Labute approximate surface area is 143 Å². The number of hydrogen-bond acceptors (Lipinski definition) is 4. The molecular formula is C16H20BrN3O3. The largest absolute Gasteiger partial charge is 0.454 e. The average Bonchev–Trinajstić information content (AvgIpc) is 3.23. The van der Waals surface area contributed by atoms with Crippen molar-refractivity contribution in [2.24, 2.45) is 5.92 Å². The highest BCUT2D eigenvalue weighted by Crippen LogP contribution is 2.26. The van der Waals surface area contributed by atoms with E-state index in [2.05, 4.69) is 21.0 Å². The van der Waals surface area contributed by atoms with E-state index in [4.69, 9.17) is 4.42 Å². The minimum absolute atomic E-state index is 0.156. The van der Waals surface area contributed by atoms with Crippen LogP contribution >= 0.6 is 15.9 Å². The van der Waals surface area contributed by atoms with E-state index in [-0.39, 0.29) is 17.9 Å². The first-order valence-electron chi connectivity index (χ1n) is 7.73. The maximum Gasteiger partial charge on any atom is 0.289 e. The van der Waals surface area contributed by atoms with Crippen molar-refractivity contribution in [3.05, 3.63) is 40.5 Å². The molecule has 2 heterocycles. The molecular weight excluding hydrogens is 362 g/mol. The zero-order valence-electron chi connectivity index (χ0n) is 13.0. The zero-order chi connectivity index (χ0) is 16.4. The van der Waals surface area contributed by atoms with Gasteiger partial charge in [0.15, 0.2) is 5.76 Å². The van der Waals surface area contributed by atoms with Gasteiger partial charge in [0.05, 0.1) is 23.3 Å². The van der Waals surface area contributed by atoms with Crippen LogP contribution in [0.15, 0.2) is 33.4 Å². The zero-order valence-corrected chi connectivity index (χ0v) is 14.6. The maximum absolute atomic E-state index is 12.4. The molecule has 1 amide bonds. The van der Waals surface area contributed by atoms with E-state index in [1.807, 2.05) is 6.20 Å². The lowest BCUT2D eigenvalue weighted by atomic mass is 10.1. The van der Waals surface area contributed by atoms with Crippen molar-refractivity contribution < 1.29 is 14.3 Å². The number of nitrogens with zero attached hydrogens (tertiary/aromatic N) is 3. The van der Waals surface area contributed by atoms with Crippen molar-refractivity contribution in [3.8, 4) is 0 Å². The van der Waals surface area contributed by atoms with Crippen LogP contribution < -0.4 is 0 Å². The van der Waals surface area contributed by atoms with Gasteiger partial charge < -0.3 is 14.4 Å². The second kappa shape index (κ2) is 6.88. The lowest BCUT2D eigenvalue weighted by Crippen LogP contribution is -2.34. The molecule has 0 radical (unpaired) electrons. The summed E-state index contributed by atoms with van der Waals surface area (Å²) in [6.45, 7) is 1.03. The summed E-state index contributed by atoms with van der Waals surface area (Å²) in [5.41, 5.74) is 0. The lowest BCUT2D eigenvalue weighted by Gasteiger charge is -2.22. The van der Waals surface area contributed by atoms with E-state index in [1.165, 1.54) is 0 Å². The van der Waals surface area contributed by atoms with Gasteiger partial charge >= 0.3 is 0 Å². The molecule has 1 aliphatic rings. The predicted molar refractivity (Wildman–Crippen MR) is 88.0 cm³/mol. The molecule has 0 spiro atoms. The van der Waals surface area contributed by atoms with Gasteiger partial charge in [-0.15, -0.1) is 0 Å². The second-order valence-electron chi connectivity index (χ2n) is 6.07. The number of hydrogen-bond donors (Lipinski definition) is 1. The summed E-state index contributed by atoms with van der Waals surface area (Å²) in [7, 11) is 1.75. The molecule has 2 aromatic rings. The van der Waals surface area contributed by atoms with Crippen molar-refractivity contribution in [3.63, 3.8) is 0 Å². The molecule has 1 N–H and O–H groups in total. The number of furan rings is 1. The molecule has 7 heteroatoms. The first-order valence-corrected chi connectivity index (χ1v) is 8.52. The molecule has 0 bridgehead atoms. The van der Waals surface area contributed by atoms with Crippen LogP contribution in [0.4, 0.5) is 0 Å². The Balaban J connectivity index is 1.61. The molecule has 0 saturated heterocycles. The van der Waals surface area contributed by atoms with Gasteiger partial charge in [-0.3, -0.25) is 9.48 Å². The second-order valence-corrected chi connectivity index (χ2v) is 6.98. The minimum Gasteiger partial charge on any atom is -0.454 e. The first-order chi connectivity index (χ1) is 11.0. The fourth-order valence-corrected chi connectivity index (χ4v) is 3.34.